The number of hydrogen-bond acceptors (Lipinski definition) is 6. The van der Waals surface area contributed by atoms with Gasteiger partial charge in [-0.05, 0) is 43.0 Å². The molecule has 0 spiro atoms. The molecule has 1 aliphatic rings. The fourth-order valence-corrected chi connectivity index (χ4v) is 5.87. The number of nitrogens with one attached hydrogen (secondary N) is 1. The molecule has 1 aromatic carbocycles. The van der Waals surface area contributed by atoms with E-state index >= 15 is 0 Å². The lowest BCUT2D eigenvalue weighted by Crippen LogP contribution is -2.37. The van der Waals surface area contributed by atoms with E-state index in [1.165, 1.54) is 46.1 Å². The molecule has 0 amide bonds. The number of aromatic nitrogens is 1. The quantitative estimate of drug-likeness (QED) is 0.830. The van der Waals surface area contributed by atoms with Crippen molar-refractivity contribution < 1.29 is 16.8 Å². The molecule has 2 aromatic rings. The second kappa shape index (κ2) is 7.02. The van der Waals surface area contributed by atoms with E-state index in [1.807, 2.05) is 0 Å². The molecule has 3 rings (SSSR count). The van der Waals surface area contributed by atoms with Crippen LogP contribution in [0.2, 0.25) is 0 Å². The van der Waals surface area contributed by atoms with Gasteiger partial charge >= 0.3 is 0 Å². The summed E-state index contributed by atoms with van der Waals surface area (Å²) in [6, 6.07) is 5.28. The summed E-state index contributed by atoms with van der Waals surface area (Å²) in [6.45, 7) is 3.10. The highest BCUT2D eigenvalue weighted by Gasteiger charge is 2.28. The Morgan fingerprint density at radius 2 is 1.68 bits per heavy atom. The normalized spacial score (nSPS) is 17.5. The van der Waals surface area contributed by atoms with E-state index in [0.717, 1.165) is 12.8 Å². The lowest BCUT2D eigenvalue weighted by atomic mass is 10.0. The minimum atomic E-state index is -3.79. The number of hydrogen-bond donors (Lipinski definition) is 1. The van der Waals surface area contributed by atoms with Gasteiger partial charge in [0.15, 0.2) is 5.13 Å². The van der Waals surface area contributed by atoms with Crippen LogP contribution in [0.25, 0.3) is 0 Å². The van der Waals surface area contributed by atoms with Crippen LogP contribution >= 0.6 is 11.3 Å². The maximum Gasteiger partial charge on any atom is 0.263 e. The molecule has 2 heterocycles. The first-order valence-electron chi connectivity index (χ1n) is 7.81. The number of benzene rings is 1. The second-order valence-electron chi connectivity index (χ2n) is 6.00. The summed E-state index contributed by atoms with van der Waals surface area (Å²) in [4.78, 5) is 3.98. The number of rotatable bonds is 5. The Bertz CT molecular complexity index is 915. The number of nitrogens with zero attached hydrogens (tertiary/aromatic N) is 2. The minimum Gasteiger partial charge on any atom is -0.255 e. The van der Waals surface area contributed by atoms with E-state index in [-0.39, 0.29) is 14.9 Å². The monoisotopic (exact) mass is 401 g/mol. The smallest absolute Gasteiger partial charge is 0.255 e. The van der Waals surface area contributed by atoms with Crippen LogP contribution in [-0.4, -0.2) is 39.2 Å². The first kappa shape index (κ1) is 18.3. The third-order valence-corrected chi connectivity index (χ3v) is 8.25. The van der Waals surface area contributed by atoms with E-state index in [9.17, 15) is 16.8 Å². The lowest BCUT2D eigenvalue weighted by molar-refractivity contribution is 0.288. The second-order valence-corrected chi connectivity index (χ2v) is 10.5. The van der Waals surface area contributed by atoms with Gasteiger partial charge in [0.1, 0.15) is 0 Å². The van der Waals surface area contributed by atoms with Crippen LogP contribution in [0.4, 0.5) is 5.13 Å². The largest absolute Gasteiger partial charge is 0.263 e. The van der Waals surface area contributed by atoms with Crippen molar-refractivity contribution in [3.8, 4) is 0 Å². The Kier molecular flexibility index (Phi) is 5.14. The molecule has 0 unspecified atom stereocenters. The topological polar surface area (TPSA) is 96.4 Å². The Balaban J connectivity index is 1.80. The number of sulfonamides is 2. The van der Waals surface area contributed by atoms with Gasteiger partial charge in [-0.3, -0.25) is 4.72 Å². The van der Waals surface area contributed by atoms with Gasteiger partial charge in [-0.15, -0.1) is 11.3 Å². The summed E-state index contributed by atoms with van der Waals surface area (Å²) in [5.74, 6) is 0.524. The van der Waals surface area contributed by atoms with E-state index in [1.54, 1.807) is 5.38 Å². The van der Waals surface area contributed by atoms with Crippen LogP contribution in [0, 0.1) is 5.92 Å². The third kappa shape index (κ3) is 4.02. The molecular weight excluding hydrogens is 382 g/mol. The van der Waals surface area contributed by atoms with Crippen molar-refractivity contribution in [1.29, 1.82) is 0 Å². The fourth-order valence-electron chi connectivity index (χ4n) is 2.61. The van der Waals surface area contributed by atoms with Crippen LogP contribution in [0.15, 0.2) is 45.6 Å². The minimum absolute atomic E-state index is 0.00563. The van der Waals surface area contributed by atoms with Crippen LogP contribution in [0.3, 0.4) is 0 Å². The number of anilines is 1. The zero-order valence-electron chi connectivity index (χ0n) is 13.6. The summed E-state index contributed by atoms with van der Waals surface area (Å²) in [6.07, 6.45) is 3.17. The highest BCUT2D eigenvalue weighted by atomic mass is 32.2. The van der Waals surface area contributed by atoms with Crippen LogP contribution in [-0.2, 0) is 20.0 Å². The van der Waals surface area contributed by atoms with Crippen molar-refractivity contribution in [2.24, 2.45) is 5.92 Å². The average Bonchev–Trinajstić information content (AvgIpc) is 3.07. The summed E-state index contributed by atoms with van der Waals surface area (Å²) in [5, 5.41) is 1.92. The Morgan fingerprint density at radius 3 is 2.24 bits per heavy atom. The molecule has 0 atom stereocenters. The molecule has 10 heteroatoms. The van der Waals surface area contributed by atoms with Gasteiger partial charge in [-0.25, -0.2) is 21.8 Å². The predicted octanol–water partition coefficient (Wildman–Crippen LogP) is 2.36. The van der Waals surface area contributed by atoms with Crippen LogP contribution < -0.4 is 4.72 Å². The summed E-state index contributed by atoms with van der Waals surface area (Å²) < 4.78 is 53.7. The van der Waals surface area contributed by atoms with Crippen molar-refractivity contribution in [1.82, 2.24) is 9.29 Å². The number of piperidine rings is 1. The standard InChI is InChI=1S/C15H19N3O4S3/c1-12-6-9-18(10-7-12)25(21,22)14-4-2-13(3-5-14)24(19,20)17-15-16-8-11-23-15/h2-5,8,11-12H,6-7,9-10H2,1H3,(H,16,17). The Morgan fingerprint density at radius 1 is 1.08 bits per heavy atom. The molecule has 1 aliphatic heterocycles. The molecule has 0 radical (unpaired) electrons. The highest BCUT2D eigenvalue weighted by molar-refractivity contribution is 7.93. The van der Waals surface area contributed by atoms with E-state index < -0.39 is 20.0 Å². The van der Waals surface area contributed by atoms with Crippen molar-refractivity contribution >= 4 is 36.5 Å². The molecule has 7 nitrogen and oxygen atoms in total. The van der Waals surface area contributed by atoms with Gasteiger partial charge in [0.2, 0.25) is 10.0 Å². The summed E-state index contributed by atoms with van der Waals surface area (Å²) in [5.41, 5.74) is 0. The van der Waals surface area contributed by atoms with Crippen LogP contribution in [0.1, 0.15) is 19.8 Å². The third-order valence-electron chi connectivity index (χ3n) is 4.17. The van der Waals surface area contributed by atoms with Gasteiger partial charge in [0.25, 0.3) is 10.0 Å². The molecule has 25 heavy (non-hydrogen) atoms. The first-order chi connectivity index (χ1) is 11.8. The predicted molar refractivity (Wildman–Crippen MR) is 96.5 cm³/mol. The van der Waals surface area contributed by atoms with Crippen molar-refractivity contribution in [3.05, 3.63) is 35.8 Å². The Labute approximate surface area is 151 Å². The molecule has 1 fully saturated rings. The first-order valence-corrected chi connectivity index (χ1v) is 11.6. The van der Waals surface area contributed by atoms with Gasteiger partial charge in [0, 0.05) is 24.7 Å². The van der Waals surface area contributed by atoms with Gasteiger partial charge < -0.3 is 0 Å². The van der Waals surface area contributed by atoms with Crippen molar-refractivity contribution in [2.75, 3.05) is 17.8 Å². The zero-order chi connectivity index (χ0) is 18.1. The van der Waals surface area contributed by atoms with E-state index in [4.69, 9.17) is 0 Å². The molecular formula is C15H19N3O4S3. The zero-order valence-corrected chi connectivity index (χ0v) is 16.1. The Hall–Kier alpha value is -1.49. The van der Waals surface area contributed by atoms with Crippen molar-refractivity contribution in [3.63, 3.8) is 0 Å². The molecule has 0 aliphatic carbocycles. The van der Waals surface area contributed by atoms with E-state index in [2.05, 4.69) is 16.6 Å². The van der Waals surface area contributed by atoms with Gasteiger partial charge in [-0.1, -0.05) is 6.92 Å². The molecule has 1 N–H and O–H groups in total. The summed E-state index contributed by atoms with van der Waals surface area (Å²) in [7, 11) is -7.38. The number of thiazole rings is 1. The average molecular weight is 402 g/mol. The molecule has 136 valence electrons. The summed E-state index contributed by atoms with van der Waals surface area (Å²) >= 11 is 1.17. The molecule has 0 bridgehead atoms. The van der Waals surface area contributed by atoms with Crippen molar-refractivity contribution in [2.45, 2.75) is 29.6 Å². The van der Waals surface area contributed by atoms with Gasteiger partial charge in [-0.2, -0.15) is 4.31 Å². The lowest BCUT2D eigenvalue weighted by Gasteiger charge is -2.29. The molecule has 1 aromatic heterocycles. The van der Waals surface area contributed by atoms with Gasteiger partial charge in [0.05, 0.1) is 9.79 Å². The fraction of sp³-hybridized carbons (Fsp3) is 0.400. The molecule has 1 saturated heterocycles. The maximum absolute atomic E-state index is 12.7. The highest BCUT2D eigenvalue weighted by Crippen LogP contribution is 2.25. The maximum atomic E-state index is 12.7. The van der Waals surface area contributed by atoms with E-state index in [0.29, 0.717) is 19.0 Å². The molecule has 0 saturated carbocycles. The SMILES string of the molecule is CC1CCN(S(=O)(=O)c2ccc(S(=O)(=O)Nc3nccs3)cc2)CC1. The van der Waals surface area contributed by atoms with Crippen LogP contribution in [0.5, 0.6) is 0 Å².